The van der Waals surface area contributed by atoms with Crippen molar-refractivity contribution in [3.05, 3.63) is 39.9 Å². The van der Waals surface area contributed by atoms with Gasteiger partial charge in [0.1, 0.15) is 21.9 Å². The second-order valence-electron chi connectivity index (χ2n) is 6.96. The van der Waals surface area contributed by atoms with E-state index in [-0.39, 0.29) is 12.0 Å². The molecule has 0 saturated carbocycles. The van der Waals surface area contributed by atoms with Gasteiger partial charge in [0.15, 0.2) is 6.23 Å². The Morgan fingerprint density at radius 3 is 2.86 bits per heavy atom. The van der Waals surface area contributed by atoms with E-state index in [1.54, 1.807) is 24.9 Å². The minimum atomic E-state index is -0.303. The van der Waals surface area contributed by atoms with Crippen molar-refractivity contribution in [1.29, 1.82) is 0 Å². The Kier molecular flexibility index (Phi) is 5.25. The van der Waals surface area contributed by atoms with Gasteiger partial charge in [-0.25, -0.2) is 14.1 Å². The van der Waals surface area contributed by atoms with Crippen LogP contribution < -0.4 is 10.1 Å². The molecule has 0 spiro atoms. The first kappa shape index (κ1) is 19.1. The zero-order valence-corrected chi connectivity index (χ0v) is 17.6. The lowest BCUT2D eigenvalue weighted by Gasteiger charge is -2.23. The summed E-state index contributed by atoms with van der Waals surface area (Å²) in [5, 5.41) is 8.61. The molecular formula is C20H22BrFN4O2. The number of hydrogen-bond donors (Lipinski definition) is 1. The molecule has 1 atom stereocenters. The Hall–Kier alpha value is -2.19. The number of rotatable bonds is 4. The number of nitrogens with zero attached hydrogens (tertiary/aromatic N) is 3. The Labute approximate surface area is 171 Å². The molecule has 1 aliphatic heterocycles. The molecule has 1 aliphatic rings. The number of methoxy groups -OCH3 is 1. The fourth-order valence-corrected chi connectivity index (χ4v) is 4.01. The molecule has 3 heterocycles. The number of fused-ring (bicyclic) bond motifs is 1. The van der Waals surface area contributed by atoms with Crippen molar-refractivity contribution in [1.82, 2.24) is 14.8 Å². The molecule has 2 aromatic heterocycles. The van der Waals surface area contributed by atoms with E-state index >= 15 is 0 Å². The van der Waals surface area contributed by atoms with Gasteiger partial charge in [0.05, 0.1) is 24.5 Å². The van der Waals surface area contributed by atoms with Crippen LogP contribution in [0, 0.1) is 19.7 Å². The van der Waals surface area contributed by atoms with Crippen molar-refractivity contribution in [2.75, 3.05) is 19.0 Å². The van der Waals surface area contributed by atoms with Gasteiger partial charge in [-0.3, -0.25) is 0 Å². The van der Waals surface area contributed by atoms with Crippen LogP contribution in [0.25, 0.3) is 10.9 Å². The summed E-state index contributed by atoms with van der Waals surface area (Å²) in [5.74, 6) is 0.920. The van der Waals surface area contributed by atoms with Crippen LogP contribution in [-0.2, 0) is 4.74 Å². The summed E-state index contributed by atoms with van der Waals surface area (Å²) in [4.78, 5) is 4.54. The third kappa shape index (κ3) is 3.35. The van der Waals surface area contributed by atoms with Crippen LogP contribution in [-0.4, -0.2) is 28.5 Å². The van der Waals surface area contributed by atoms with E-state index in [0.717, 1.165) is 30.3 Å². The van der Waals surface area contributed by atoms with Gasteiger partial charge in [-0.2, -0.15) is 5.10 Å². The Morgan fingerprint density at radius 1 is 1.32 bits per heavy atom. The summed E-state index contributed by atoms with van der Waals surface area (Å²) in [5.41, 5.74) is 2.64. The molecule has 1 unspecified atom stereocenters. The molecular weight excluding hydrogens is 427 g/mol. The summed E-state index contributed by atoms with van der Waals surface area (Å²) in [7, 11) is 1.60. The molecule has 148 valence electrons. The molecule has 1 saturated heterocycles. The highest BCUT2D eigenvalue weighted by Crippen LogP contribution is 2.38. The summed E-state index contributed by atoms with van der Waals surface area (Å²) in [6.07, 6.45) is 4.58. The van der Waals surface area contributed by atoms with Gasteiger partial charge in [-0.05, 0) is 49.0 Å². The molecule has 0 aliphatic carbocycles. The van der Waals surface area contributed by atoms with E-state index in [0.29, 0.717) is 39.4 Å². The SMILES string of the molecule is COc1cc(C)nc(Nc2c(C)c(F)cc3c2cnn3C2CCCCO2)c1Br. The van der Waals surface area contributed by atoms with E-state index in [1.807, 2.05) is 13.0 Å². The van der Waals surface area contributed by atoms with Crippen LogP contribution in [0.4, 0.5) is 15.9 Å². The predicted octanol–water partition coefficient (Wildman–Crippen LogP) is 5.40. The molecule has 28 heavy (non-hydrogen) atoms. The maximum Gasteiger partial charge on any atom is 0.150 e. The second-order valence-corrected chi connectivity index (χ2v) is 7.75. The zero-order valence-electron chi connectivity index (χ0n) is 16.1. The van der Waals surface area contributed by atoms with Crippen LogP contribution >= 0.6 is 15.9 Å². The van der Waals surface area contributed by atoms with E-state index < -0.39 is 0 Å². The number of pyridine rings is 1. The fourth-order valence-electron chi connectivity index (χ4n) is 3.54. The molecule has 0 radical (unpaired) electrons. The van der Waals surface area contributed by atoms with Gasteiger partial charge in [-0.1, -0.05) is 0 Å². The van der Waals surface area contributed by atoms with Crippen molar-refractivity contribution >= 4 is 38.3 Å². The van der Waals surface area contributed by atoms with Crippen molar-refractivity contribution in [2.24, 2.45) is 0 Å². The first-order valence-corrected chi connectivity index (χ1v) is 10.0. The third-order valence-corrected chi connectivity index (χ3v) is 5.81. The average Bonchev–Trinajstić information content (AvgIpc) is 3.11. The van der Waals surface area contributed by atoms with Gasteiger partial charge in [-0.15, -0.1) is 0 Å². The lowest BCUT2D eigenvalue weighted by Crippen LogP contribution is -2.19. The zero-order chi connectivity index (χ0) is 19.8. The van der Waals surface area contributed by atoms with Crippen molar-refractivity contribution in [2.45, 2.75) is 39.3 Å². The topological polar surface area (TPSA) is 61.2 Å². The number of ether oxygens (including phenoxy) is 2. The molecule has 3 aromatic rings. The third-order valence-electron chi connectivity index (χ3n) is 5.04. The van der Waals surface area contributed by atoms with E-state index in [4.69, 9.17) is 9.47 Å². The number of nitrogens with one attached hydrogen (secondary N) is 1. The maximum atomic E-state index is 14.8. The molecule has 1 aromatic carbocycles. The van der Waals surface area contributed by atoms with Crippen LogP contribution in [0.3, 0.4) is 0 Å². The first-order chi connectivity index (χ1) is 13.5. The van der Waals surface area contributed by atoms with Crippen LogP contribution in [0.5, 0.6) is 5.75 Å². The minimum absolute atomic E-state index is 0.162. The van der Waals surface area contributed by atoms with Crippen LogP contribution in [0.2, 0.25) is 0 Å². The quantitative estimate of drug-likeness (QED) is 0.578. The van der Waals surface area contributed by atoms with Crippen molar-refractivity contribution in [3.8, 4) is 5.75 Å². The van der Waals surface area contributed by atoms with Gasteiger partial charge < -0.3 is 14.8 Å². The largest absolute Gasteiger partial charge is 0.495 e. The summed E-state index contributed by atoms with van der Waals surface area (Å²) >= 11 is 3.52. The van der Waals surface area contributed by atoms with E-state index in [9.17, 15) is 4.39 Å². The number of benzene rings is 1. The van der Waals surface area contributed by atoms with Gasteiger partial charge in [0, 0.05) is 35.4 Å². The number of aryl methyl sites for hydroxylation is 1. The highest BCUT2D eigenvalue weighted by molar-refractivity contribution is 9.10. The molecule has 1 N–H and O–H groups in total. The monoisotopic (exact) mass is 448 g/mol. The predicted molar refractivity (Wildman–Crippen MR) is 110 cm³/mol. The van der Waals surface area contributed by atoms with Gasteiger partial charge >= 0.3 is 0 Å². The van der Waals surface area contributed by atoms with Crippen molar-refractivity contribution < 1.29 is 13.9 Å². The van der Waals surface area contributed by atoms with Crippen LogP contribution in [0.15, 0.2) is 22.8 Å². The van der Waals surface area contributed by atoms with Crippen LogP contribution in [0.1, 0.15) is 36.7 Å². The lowest BCUT2D eigenvalue weighted by molar-refractivity contribution is -0.0366. The molecule has 0 amide bonds. The summed E-state index contributed by atoms with van der Waals surface area (Å²) in [6.45, 7) is 4.32. The molecule has 8 heteroatoms. The number of hydrogen-bond acceptors (Lipinski definition) is 5. The highest BCUT2D eigenvalue weighted by atomic mass is 79.9. The van der Waals surface area contributed by atoms with Gasteiger partial charge in [0.25, 0.3) is 0 Å². The maximum absolute atomic E-state index is 14.8. The standard InChI is InChI=1S/C20H22BrFN4O2/c1-11-8-16(27-3)18(21)20(24-11)25-19-12(2)14(22)9-15-13(19)10-23-26(15)17-6-4-5-7-28-17/h8-10,17H,4-7H2,1-3H3,(H,24,25). The Morgan fingerprint density at radius 2 is 2.14 bits per heavy atom. The van der Waals surface area contributed by atoms with E-state index in [2.05, 4.69) is 31.3 Å². The van der Waals surface area contributed by atoms with Gasteiger partial charge in [0.2, 0.25) is 0 Å². The smallest absolute Gasteiger partial charge is 0.150 e. The highest BCUT2D eigenvalue weighted by Gasteiger charge is 2.22. The summed E-state index contributed by atoms with van der Waals surface area (Å²) < 4.78 is 28.5. The molecule has 6 nitrogen and oxygen atoms in total. The average molecular weight is 449 g/mol. The summed E-state index contributed by atoms with van der Waals surface area (Å²) in [6, 6.07) is 3.36. The second kappa shape index (κ2) is 7.67. The Bertz CT molecular complexity index is 1030. The normalized spacial score (nSPS) is 17.1. The minimum Gasteiger partial charge on any atom is -0.495 e. The van der Waals surface area contributed by atoms with E-state index in [1.165, 1.54) is 6.07 Å². The lowest BCUT2D eigenvalue weighted by atomic mass is 10.1. The number of halogens is 2. The molecule has 0 bridgehead atoms. The molecule has 4 rings (SSSR count). The molecule has 1 fully saturated rings. The first-order valence-electron chi connectivity index (χ1n) is 9.25. The number of anilines is 2. The van der Waals surface area contributed by atoms with Crippen molar-refractivity contribution in [3.63, 3.8) is 0 Å². The fraction of sp³-hybridized carbons (Fsp3) is 0.400. The number of aromatic nitrogens is 3. The Balaban J connectivity index is 1.82.